The first-order valence-corrected chi connectivity index (χ1v) is 9.98. The molecular weight excluding hydrogens is 386 g/mol. The first-order chi connectivity index (χ1) is 15.3. The summed E-state index contributed by atoms with van der Waals surface area (Å²) < 4.78 is 1.60. The average molecular weight is 405 g/mol. The van der Waals surface area contributed by atoms with Crippen LogP contribution in [0.4, 0.5) is 0 Å². The van der Waals surface area contributed by atoms with Crippen LogP contribution in [0.15, 0.2) is 97.2 Å². The third-order valence-corrected chi connectivity index (χ3v) is 4.96. The fraction of sp³-hybridized carbons (Fsp3) is 0.0400. The van der Waals surface area contributed by atoms with Gasteiger partial charge in [-0.15, -0.1) is 0 Å². The number of aromatic nitrogens is 4. The van der Waals surface area contributed by atoms with E-state index in [1.165, 1.54) is 0 Å². The molecule has 0 atom stereocenters. The van der Waals surface area contributed by atoms with Crippen molar-refractivity contribution < 1.29 is 4.79 Å². The predicted octanol–water partition coefficient (Wildman–Crippen LogP) is 4.39. The number of hydrogen-bond donors (Lipinski definition) is 1. The van der Waals surface area contributed by atoms with E-state index in [0.29, 0.717) is 17.9 Å². The van der Waals surface area contributed by atoms with E-state index < -0.39 is 0 Å². The molecule has 0 aliphatic rings. The lowest BCUT2D eigenvalue weighted by Gasteiger charge is -2.09. The van der Waals surface area contributed by atoms with Crippen molar-refractivity contribution in [2.45, 2.75) is 6.54 Å². The Labute approximate surface area is 179 Å². The van der Waals surface area contributed by atoms with Gasteiger partial charge in [0.2, 0.25) is 0 Å². The van der Waals surface area contributed by atoms with Crippen LogP contribution in [-0.4, -0.2) is 25.5 Å². The van der Waals surface area contributed by atoms with Crippen LogP contribution >= 0.6 is 0 Å². The maximum atomic E-state index is 13.1. The number of nitrogens with zero attached hydrogens (tertiary/aromatic N) is 4. The lowest BCUT2D eigenvalue weighted by atomic mass is 10.1. The topological polar surface area (TPSA) is 72.2 Å². The second kappa shape index (κ2) is 8.20. The molecule has 0 saturated heterocycles. The van der Waals surface area contributed by atoms with E-state index in [1.54, 1.807) is 16.8 Å². The Balaban J connectivity index is 1.58. The van der Waals surface area contributed by atoms with Crippen molar-refractivity contribution in [2.24, 2.45) is 0 Å². The zero-order valence-electron chi connectivity index (χ0n) is 16.6. The SMILES string of the molecule is O=C(NCc1ccccn1)c1cc(-c2ccccc2)nc2cc(-c3ccccc3)nn12. The molecule has 1 N–H and O–H groups in total. The number of amides is 1. The molecule has 2 aromatic carbocycles. The zero-order chi connectivity index (χ0) is 21.0. The largest absolute Gasteiger partial charge is 0.345 e. The molecule has 5 aromatic rings. The minimum atomic E-state index is -0.238. The summed E-state index contributed by atoms with van der Waals surface area (Å²) in [5.74, 6) is -0.238. The van der Waals surface area contributed by atoms with Crippen LogP contribution < -0.4 is 5.32 Å². The normalized spacial score (nSPS) is 10.8. The van der Waals surface area contributed by atoms with Crippen LogP contribution in [0, 0.1) is 0 Å². The zero-order valence-corrected chi connectivity index (χ0v) is 16.6. The van der Waals surface area contributed by atoms with Gasteiger partial charge in [-0.1, -0.05) is 66.7 Å². The van der Waals surface area contributed by atoms with Gasteiger partial charge in [-0.05, 0) is 18.2 Å². The monoisotopic (exact) mass is 405 g/mol. The Morgan fingerprint density at radius 2 is 1.48 bits per heavy atom. The summed E-state index contributed by atoms with van der Waals surface area (Å²) in [4.78, 5) is 22.2. The molecule has 0 spiro atoms. The van der Waals surface area contributed by atoms with Gasteiger partial charge in [0.25, 0.3) is 5.91 Å². The minimum absolute atomic E-state index is 0.238. The molecule has 0 aliphatic carbocycles. The van der Waals surface area contributed by atoms with E-state index in [2.05, 4.69) is 15.4 Å². The number of carbonyl (C=O) groups excluding carboxylic acids is 1. The Kier molecular flexibility index (Phi) is 4.94. The van der Waals surface area contributed by atoms with Crippen molar-refractivity contribution in [1.82, 2.24) is 24.9 Å². The fourth-order valence-electron chi connectivity index (χ4n) is 3.41. The summed E-state index contributed by atoms with van der Waals surface area (Å²) in [5.41, 5.74) is 5.20. The van der Waals surface area contributed by atoms with Crippen LogP contribution in [0.25, 0.3) is 28.2 Å². The molecule has 0 saturated carbocycles. The van der Waals surface area contributed by atoms with E-state index in [-0.39, 0.29) is 5.91 Å². The van der Waals surface area contributed by atoms with Gasteiger partial charge >= 0.3 is 0 Å². The summed E-state index contributed by atoms with van der Waals surface area (Å²) >= 11 is 0. The summed E-state index contributed by atoms with van der Waals surface area (Å²) in [7, 11) is 0. The summed E-state index contributed by atoms with van der Waals surface area (Å²) in [6, 6.07) is 29.0. The molecule has 0 aliphatic heterocycles. The second-order valence-corrected chi connectivity index (χ2v) is 7.06. The highest BCUT2D eigenvalue weighted by molar-refractivity contribution is 5.94. The van der Waals surface area contributed by atoms with Gasteiger partial charge in [-0.25, -0.2) is 9.50 Å². The van der Waals surface area contributed by atoms with E-state index in [0.717, 1.165) is 28.2 Å². The van der Waals surface area contributed by atoms with Gasteiger partial charge in [-0.2, -0.15) is 5.10 Å². The molecule has 3 aromatic heterocycles. The van der Waals surface area contributed by atoms with Crippen molar-refractivity contribution in [1.29, 1.82) is 0 Å². The van der Waals surface area contributed by atoms with E-state index in [4.69, 9.17) is 4.98 Å². The fourth-order valence-corrected chi connectivity index (χ4v) is 3.41. The van der Waals surface area contributed by atoms with E-state index in [1.807, 2.05) is 84.9 Å². The Morgan fingerprint density at radius 1 is 0.806 bits per heavy atom. The van der Waals surface area contributed by atoms with Crippen molar-refractivity contribution in [3.63, 3.8) is 0 Å². The highest BCUT2D eigenvalue weighted by atomic mass is 16.2. The number of benzene rings is 2. The number of pyridine rings is 1. The van der Waals surface area contributed by atoms with Crippen molar-refractivity contribution >= 4 is 11.6 Å². The number of rotatable bonds is 5. The van der Waals surface area contributed by atoms with Crippen molar-refractivity contribution in [3.8, 4) is 22.5 Å². The van der Waals surface area contributed by atoms with Crippen molar-refractivity contribution in [2.75, 3.05) is 0 Å². The van der Waals surface area contributed by atoms with Gasteiger partial charge in [0, 0.05) is 23.4 Å². The smallest absolute Gasteiger partial charge is 0.270 e. The third-order valence-electron chi connectivity index (χ3n) is 4.96. The van der Waals surface area contributed by atoms with Gasteiger partial charge in [0.15, 0.2) is 5.65 Å². The summed E-state index contributed by atoms with van der Waals surface area (Å²) in [5, 5.41) is 7.62. The number of fused-ring (bicyclic) bond motifs is 1. The van der Waals surface area contributed by atoms with Gasteiger partial charge in [-0.3, -0.25) is 9.78 Å². The van der Waals surface area contributed by atoms with Crippen LogP contribution in [0.3, 0.4) is 0 Å². The number of nitrogens with one attached hydrogen (secondary N) is 1. The lowest BCUT2D eigenvalue weighted by molar-refractivity contribution is 0.0943. The summed E-state index contributed by atoms with van der Waals surface area (Å²) in [6.45, 7) is 0.330. The standard InChI is InChI=1S/C25H19N5O/c31-25(27-17-20-13-7-8-14-26-20)23-15-21(18-9-3-1-4-10-18)28-24-16-22(29-30(23)24)19-11-5-2-6-12-19/h1-16H,17H2,(H,27,31). The molecule has 0 radical (unpaired) electrons. The molecule has 150 valence electrons. The third kappa shape index (κ3) is 3.91. The first-order valence-electron chi connectivity index (χ1n) is 9.98. The molecule has 31 heavy (non-hydrogen) atoms. The average Bonchev–Trinajstić information content (AvgIpc) is 3.28. The Bertz CT molecular complexity index is 1330. The molecule has 6 nitrogen and oxygen atoms in total. The van der Waals surface area contributed by atoms with E-state index in [9.17, 15) is 4.79 Å². The maximum Gasteiger partial charge on any atom is 0.270 e. The van der Waals surface area contributed by atoms with Crippen LogP contribution in [0.1, 0.15) is 16.2 Å². The highest BCUT2D eigenvalue weighted by Gasteiger charge is 2.17. The summed E-state index contributed by atoms with van der Waals surface area (Å²) in [6.07, 6.45) is 1.71. The minimum Gasteiger partial charge on any atom is -0.345 e. The molecular formula is C25H19N5O. The molecule has 0 bridgehead atoms. The van der Waals surface area contributed by atoms with Crippen LogP contribution in [-0.2, 0) is 6.54 Å². The molecule has 6 heteroatoms. The van der Waals surface area contributed by atoms with Crippen molar-refractivity contribution in [3.05, 3.63) is 109 Å². The molecule has 0 unspecified atom stereocenters. The molecule has 3 heterocycles. The van der Waals surface area contributed by atoms with Gasteiger partial charge in [0.1, 0.15) is 5.69 Å². The van der Waals surface area contributed by atoms with Gasteiger partial charge < -0.3 is 5.32 Å². The number of carbonyl (C=O) groups is 1. The quantitative estimate of drug-likeness (QED) is 0.471. The molecule has 1 amide bonds. The number of hydrogen-bond acceptors (Lipinski definition) is 4. The maximum absolute atomic E-state index is 13.1. The lowest BCUT2D eigenvalue weighted by Crippen LogP contribution is -2.26. The molecule has 5 rings (SSSR count). The van der Waals surface area contributed by atoms with E-state index >= 15 is 0 Å². The van der Waals surface area contributed by atoms with Crippen LogP contribution in [0.5, 0.6) is 0 Å². The second-order valence-electron chi connectivity index (χ2n) is 7.06. The first kappa shape index (κ1) is 18.7. The highest BCUT2D eigenvalue weighted by Crippen LogP contribution is 2.24. The van der Waals surface area contributed by atoms with Crippen LogP contribution in [0.2, 0.25) is 0 Å². The molecule has 0 fully saturated rings. The van der Waals surface area contributed by atoms with Gasteiger partial charge in [0.05, 0.1) is 23.6 Å². The Morgan fingerprint density at radius 3 is 2.16 bits per heavy atom. The predicted molar refractivity (Wildman–Crippen MR) is 119 cm³/mol. The Hall–Kier alpha value is -4.32.